The van der Waals surface area contributed by atoms with Crippen molar-refractivity contribution >= 4 is 11.3 Å². The van der Waals surface area contributed by atoms with Gasteiger partial charge in [0.2, 0.25) is 0 Å². The molecule has 0 spiro atoms. The number of hydrogen-bond acceptors (Lipinski definition) is 5. The van der Waals surface area contributed by atoms with Gasteiger partial charge in [-0.1, -0.05) is 0 Å². The minimum Gasteiger partial charge on any atom is -0.504 e. The Morgan fingerprint density at radius 3 is 2.81 bits per heavy atom. The molecule has 1 heterocycles. The third kappa shape index (κ3) is 2.15. The van der Waals surface area contributed by atoms with E-state index in [1.165, 1.54) is 12.1 Å². The number of benzene rings is 1. The number of aromatic nitrogens is 1. The molecule has 0 unspecified atom stereocenters. The lowest BCUT2D eigenvalue weighted by molar-refractivity contribution is 0.404. The van der Waals surface area contributed by atoms with E-state index >= 15 is 0 Å². The van der Waals surface area contributed by atoms with E-state index in [1.54, 1.807) is 17.4 Å². The Morgan fingerprint density at radius 1 is 1.31 bits per heavy atom. The average molecular weight is 236 g/mol. The third-order valence-electron chi connectivity index (χ3n) is 2.15. The van der Waals surface area contributed by atoms with Crippen molar-refractivity contribution in [3.05, 3.63) is 28.6 Å². The zero-order chi connectivity index (χ0) is 11.5. The van der Waals surface area contributed by atoms with Gasteiger partial charge in [-0.05, 0) is 25.2 Å². The van der Waals surface area contributed by atoms with Crippen molar-refractivity contribution in [1.82, 2.24) is 10.3 Å². The molecule has 4 nitrogen and oxygen atoms in total. The Hall–Kier alpha value is -1.59. The van der Waals surface area contributed by atoms with E-state index < -0.39 is 0 Å². The van der Waals surface area contributed by atoms with E-state index in [2.05, 4.69) is 10.3 Å². The van der Waals surface area contributed by atoms with Gasteiger partial charge in [-0.15, -0.1) is 11.3 Å². The molecule has 0 aliphatic rings. The van der Waals surface area contributed by atoms with Crippen molar-refractivity contribution in [2.45, 2.75) is 6.54 Å². The van der Waals surface area contributed by atoms with Crippen molar-refractivity contribution in [2.24, 2.45) is 0 Å². The second-order valence-electron chi connectivity index (χ2n) is 3.36. The van der Waals surface area contributed by atoms with Crippen LogP contribution in [0.5, 0.6) is 11.5 Å². The zero-order valence-electron chi connectivity index (χ0n) is 8.77. The predicted octanol–water partition coefficient (Wildman–Crippen LogP) is 1.94. The maximum atomic E-state index is 9.38. The highest BCUT2D eigenvalue weighted by Crippen LogP contribution is 2.30. The Labute approximate surface area is 97.2 Å². The van der Waals surface area contributed by atoms with Gasteiger partial charge < -0.3 is 15.5 Å². The minimum absolute atomic E-state index is 0.116. The van der Waals surface area contributed by atoms with Gasteiger partial charge in [-0.3, -0.25) is 0 Å². The first-order valence-electron chi connectivity index (χ1n) is 4.82. The maximum Gasteiger partial charge on any atom is 0.158 e. The number of phenols is 2. The number of phenolic OH excluding ortho intramolecular Hbond substituents is 2. The van der Waals surface area contributed by atoms with Crippen LogP contribution in [0.1, 0.15) is 5.01 Å². The quantitative estimate of drug-likeness (QED) is 0.713. The van der Waals surface area contributed by atoms with Gasteiger partial charge in [-0.25, -0.2) is 4.98 Å². The van der Waals surface area contributed by atoms with E-state index in [4.69, 9.17) is 0 Å². The largest absolute Gasteiger partial charge is 0.504 e. The number of hydrogen-bond donors (Lipinski definition) is 3. The zero-order valence-corrected chi connectivity index (χ0v) is 9.58. The van der Waals surface area contributed by atoms with E-state index in [0.717, 1.165) is 22.8 Å². The molecule has 5 heteroatoms. The molecule has 2 aromatic rings. The van der Waals surface area contributed by atoms with Crippen LogP contribution in [0.4, 0.5) is 0 Å². The van der Waals surface area contributed by atoms with Gasteiger partial charge in [0, 0.05) is 17.5 Å². The van der Waals surface area contributed by atoms with Gasteiger partial charge >= 0.3 is 0 Å². The Kier molecular flexibility index (Phi) is 3.07. The fourth-order valence-electron chi connectivity index (χ4n) is 1.36. The molecule has 0 aliphatic carbocycles. The minimum atomic E-state index is -0.124. The van der Waals surface area contributed by atoms with Crippen LogP contribution in [0.3, 0.4) is 0 Å². The maximum absolute atomic E-state index is 9.38. The summed E-state index contributed by atoms with van der Waals surface area (Å²) < 4.78 is 0. The van der Waals surface area contributed by atoms with Crippen LogP contribution in [0.2, 0.25) is 0 Å². The first-order valence-corrected chi connectivity index (χ1v) is 5.70. The molecule has 0 radical (unpaired) electrons. The lowest BCUT2D eigenvalue weighted by atomic mass is 10.1. The molecule has 0 amide bonds. The molecule has 0 saturated carbocycles. The standard InChI is InChI=1S/C11H12N2O2S/c1-12-5-11-13-8(6-16-11)7-2-3-9(14)10(15)4-7/h2-4,6,12,14-15H,5H2,1H3. The topological polar surface area (TPSA) is 65.4 Å². The normalized spacial score (nSPS) is 10.6. The summed E-state index contributed by atoms with van der Waals surface area (Å²) in [6.45, 7) is 0.731. The van der Waals surface area contributed by atoms with Crippen molar-refractivity contribution in [3.63, 3.8) is 0 Å². The average Bonchev–Trinajstić information content (AvgIpc) is 2.71. The molecule has 0 saturated heterocycles. The van der Waals surface area contributed by atoms with Crippen LogP contribution in [0, 0.1) is 0 Å². The molecule has 2 rings (SSSR count). The van der Waals surface area contributed by atoms with Crippen LogP contribution in [-0.2, 0) is 6.54 Å². The van der Waals surface area contributed by atoms with E-state index in [-0.39, 0.29) is 11.5 Å². The SMILES string of the molecule is CNCc1nc(-c2ccc(O)c(O)c2)cs1. The van der Waals surface area contributed by atoms with E-state index in [0.29, 0.717) is 0 Å². The molecule has 0 fully saturated rings. The van der Waals surface area contributed by atoms with Crippen LogP contribution in [0.25, 0.3) is 11.3 Å². The van der Waals surface area contributed by atoms with Gasteiger partial charge in [0.05, 0.1) is 5.69 Å². The number of nitrogens with zero attached hydrogens (tertiary/aromatic N) is 1. The lowest BCUT2D eigenvalue weighted by Crippen LogP contribution is -2.04. The van der Waals surface area contributed by atoms with E-state index in [1.807, 2.05) is 12.4 Å². The van der Waals surface area contributed by atoms with Crippen LogP contribution < -0.4 is 5.32 Å². The van der Waals surface area contributed by atoms with Crippen molar-refractivity contribution < 1.29 is 10.2 Å². The van der Waals surface area contributed by atoms with Crippen LogP contribution in [0.15, 0.2) is 23.6 Å². The van der Waals surface area contributed by atoms with Crippen molar-refractivity contribution in [3.8, 4) is 22.8 Å². The highest BCUT2D eigenvalue weighted by molar-refractivity contribution is 7.09. The highest BCUT2D eigenvalue weighted by atomic mass is 32.1. The molecular weight excluding hydrogens is 224 g/mol. The molecular formula is C11H12N2O2S. The van der Waals surface area contributed by atoms with Crippen molar-refractivity contribution in [2.75, 3.05) is 7.05 Å². The second-order valence-corrected chi connectivity index (χ2v) is 4.30. The summed E-state index contributed by atoms with van der Waals surface area (Å²) in [5.74, 6) is -0.241. The van der Waals surface area contributed by atoms with Gasteiger partial charge in [0.25, 0.3) is 0 Å². The van der Waals surface area contributed by atoms with Crippen LogP contribution >= 0.6 is 11.3 Å². The molecule has 16 heavy (non-hydrogen) atoms. The van der Waals surface area contributed by atoms with Crippen LogP contribution in [-0.4, -0.2) is 22.2 Å². The first kappa shape index (κ1) is 10.9. The molecule has 1 aromatic carbocycles. The molecule has 84 valence electrons. The third-order valence-corrected chi connectivity index (χ3v) is 3.00. The summed E-state index contributed by atoms with van der Waals surface area (Å²) in [5.41, 5.74) is 1.61. The molecule has 1 aromatic heterocycles. The molecule has 0 atom stereocenters. The summed E-state index contributed by atoms with van der Waals surface area (Å²) in [6.07, 6.45) is 0. The number of thiazole rings is 1. The Bertz CT molecular complexity index is 496. The summed E-state index contributed by atoms with van der Waals surface area (Å²) in [5, 5.41) is 24.5. The molecule has 0 bridgehead atoms. The summed E-state index contributed by atoms with van der Waals surface area (Å²) in [6, 6.07) is 4.70. The van der Waals surface area contributed by atoms with Gasteiger partial charge in [-0.2, -0.15) is 0 Å². The number of rotatable bonds is 3. The fraction of sp³-hybridized carbons (Fsp3) is 0.182. The van der Waals surface area contributed by atoms with Gasteiger partial charge in [0.15, 0.2) is 11.5 Å². The lowest BCUT2D eigenvalue weighted by Gasteiger charge is -2.00. The fourth-order valence-corrected chi connectivity index (χ4v) is 2.17. The first-order chi connectivity index (χ1) is 7.70. The predicted molar refractivity (Wildman–Crippen MR) is 63.6 cm³/mol. The Balaban J connectivity index is 2.31. The molecule has 3 N–H and O–H groups in total. The number of nitrogens with one attached hydrogen (secondary N) is 1. The number of aromatic hydroxyl groups is 2. The van der Waals surface area contributed by atoms with Crippen molar-refractivity contribution in [1.29, 1.82) is 0 Å². The summed E-state index contributed by atoms with van der Waals surface area (Å²) >= 11 is 1.56. The smallest absolute Gasteiger partial charge is 0.158 e. The second kappa shape index (κ2) is 4.51. The monoisotopic (exact) mass is 236 g/mol. The summed E-state index contributed by atoms with van der Waals surface area (Å²) in [7, 11) is 1.87. The summed E-state index contributed by atoms with van der Waals surface area (Å²) in [4.78, 5) is 4.40. The molecule has 0 aliphatic heterocycles. The van der Waals surface area contributed by atoms with Gasteiger partial charge in [0.1, 0.15) is 5.01 Å². The van der Waals surface area contributed by atoms with E-state index in [9.17, 15) is 10.2 Å². The Morgan fingerprint density at radius 2 is 2.12 bits per heavy atom. The highest BCUT2D eigenvalue weighted by Gasteiger charge is 2.06.